The fourth-order valence-electron chi connectivity index (χ4n) is 3.34. The molecule has 0 saturated carbocycles. The maximum Gasteiger partial charge on any atom is 0.234 e. The molecular formula is C20H28N4O2S. The number of thiazole rings is 1. The molecule has 1 atom stereocenters. The van der Waals surface area contributed by atoms with Crippen molar-refractivity contribution in [2.75, 3.05) is 44.7 Å². The number of nitrogens with zero attached hydrogens (tertiary/aromatic N) is 3. The van der Waals surface area contributed by atoms with Crippen molar-refractivity contribution < 1.29 is 9.53 Å². The third-order valence-corrected chi connectivity index (χ3v) is 5.72. The molecule has 27 heavy (non-hydrogen) atoms. The maximum absolute atomic E-state index is 12.6. The first-order chi connectivity index (χ1) is 13.1. The Bertz CT molecular complexity index is 710. The summed E-state index contributed by atoms with van der Waals surface area (Å²) in [4.78, 5) is 21.5. The van der Waals surface area contributed by atoms with Crippen LogP contribution < -0.4 is 15.0 Å². The Morgan fingerprint density at radius 1 is 1.22 bits per heavy atom. The molecule has 0 spiro atoms. The van der Waals surface area contributed by atoms with E-state index in [0.29, 0.717) is 12.5 Å². The highest BCUT2D eigenvalue weighted by molar-refractivity contribution is 7.13. The molecule has 1 aromatic carbocycles. The monoisotopic (exact) mass is 388 g/mol. The fraction of sp³-hybridized carbons (Fsp3) is 0.500. The summed E-state index contributed by atoms with van der Waals surface area (Å²) in [5, 5.41) is 6.28. The first kappa shape index (κ1) is 19.6. The second-order valence-electron chi connectivity index (χ2n) is 7.14. The molecule has 1 fully saturated rings. The van der Waals surface area contributed by atoms with Gasteiger partial charge in [-0.2, -0.15) is 0 Å². The lowest BCUT2D eigenvalue weighted by atomic mass is 9.96. The van der Waals surface area contributed by atoms with Gasteiger partial charge in [-0.1, -0.05) is 26.0 Å². The van der Waals surface area contributed by atoms with E-state index in [1.165, 1.54) is 0 Å². The molecule has 0 unspecified atom stereocenters. The van der Waals surface area contributed by atoms with Crippen molar-refractivity contribution in [2.24, 2.45) is 5.92 Å². The number of carbonyl (C=O) groups is 1. The van der Waals surface area contributed by atoms with Gasteiger partial charge >= 0.3 is 0 Å². The van der Waals surface area contributed by atoms with Gasteiger partial charge in [-0.05, 0) is 23.6 Å². The Labute approximate surface area is 165 Å². The zero-order valence-electron chi connectivity index (χ0n) is 16.2. The molecule has 1 N–H and O–H groups in total. The highest BCUT2D eigenvalue weighted by Crippen LogP contribution is 2.24. The normalized spacial score (nSPS) is 16.4. The van der Waals surface area contributed by atoms with Gasteiger partial charge in [-0.25, -0.2) is 4.98 Å². The van der Waals surface area contributed by atoms with Gasteiger partial charge in [0, 0.05) is 37.8 Å². The van der Waals surface area contributed by atoms with Crippen LogP contribution in [0.1, 0.15) is 25.5 Å². The quantitative estimate of drug-likeness (QED) is 0.790. The van der Waals surface area contributed by atoms with Crippen molar-refractivity contribution in [3.8, 4) is 5.75 Å². The summed E-state index contributed by atoms with van der Waals surface area (Å²) < 4.78 is 5.22. The van der Waals surface area contributed by atoms with Gasteiger partial charge in [0.1, 0.15) is 5.75 Å². The number of piperazine rings is 1. The average molecular weight is 389 g/mol. The van der Waals surface area contributed by atoms with E-state index >= 15 is 0 Å². The highest BCUT2D eigenvalue weighted by atomic mass is 32.1. The molecule has 1 aliphatic rings. The van der Waals surface area contributed by atoms with E-state index in [9.17, 15) is 4.79 Å². The Morgan fingerprint density at radius 2 is 1.93 bits per heavy atom. The van der Waals surface area contributed by atoms with E-state index in [0.717, 1.165) is 42.6 Å². The van der Waals surface area contributed by atoms with E-state index < -0.39 is 0 Å². The number of amides is 1. The minimum Gasteiger partial charge on any atom is -0.497 e. The van der Waals surface area contributed by atoms with Crippen molar-refractivity contribution in [3.05, 3.63) is 41.4 Å². The van der Waals surface area contributed by atoms with E-state index in [1.54, 1.807) is 18.4 Å². The molecule has 1 aromatic heterocycles. The molecule has 0 bridgehead atoms. The predicted molar refractivity (Wildman–Crippen MR) is 109 cm³/mol. The SMILES string of the molecule is COc1ccc([C@@H](NC(=O)CN2CCN(c3nccs3)CC2)C(C)C)cc1. The van der Waals surface area contributed by atoms with Gasteiger partial charge in [-0.15, -0.1) is 11.3 Å². The number of anilines is 1. The summed E-state index contributed by atoms with van der Waals surface area (Å²) in [7, 11) is 1.66. The van der Waals surface area contributed by atoms with Crippen LogP contribution in [0.3, 0.4) is 0 Å². The molecule has 1 saturated heterocycles. The second kappa shape index (κ2) is 9.19. The summed E-state index contributed by atoms with van der Waals surface area (Å²) in [6.07, 6.45) is 1.84. The number of hydrogen-bond donors (Lipinski definition) is 1. The van der Waals surface area contributed by atoms with E-state index in [4.69, 9.17) is 4.74 Å². The third kappa shape index (κ3) is 5.20. The lowest BCUT2D eigenvalue weighted by Gasteiger charge is -2.34. The Morgan fingerprint density at radius 3 is 2.48 bits per heavy atom. The lowest BCUT2D eigenvalue weighted by molar-refractivity contribution is -0.123. The minimum atomic E-state index is 0.0000129. The number of ether oxygens (including phenoxy) is 1. The van der Waals surface area contributed by atoms with Crippen LogP contribution in [0.5, 0.6) is 5.75 Å². The van der Waals surface area contributed by atoms with E-state index in [-0.39, 0.29) is 11.9 Å². The zero-order valence-corrected chi connectivity index (χ0v) is 17.0. The summed E-state index contributed by atoms with van der Waals surface area (Å²) >= 11 is 1.66. The van der Waals surface area contributed by atoms with Gasteiger partial charge in [0.05, 0.1) is 19.7 Å². The first-order valence-corrected chi connectivity index (χ1v) is 10.2. The maximum atomic E-state index is 12.6. The molecule has 1 aliphatic heterocycles. The average Bonchev–Trinajstić information content (AvgIpc) is 3.21. The molecule has 1 amide bonds. The molecule has 6 nitrogen and oxygen atoms in total. The fourth-order valence-corrected chi connectivity index (χ4v) is 4.03. The molecule has 0 radical (unpaired) electrons. The number of nitrogens with one attached hydrogen (secondary N) is 1. The first-order valence-electron chi connectivity index (χ1n) is 9.37. The topological polar surface area (TPSA) is 57.7 Å². The Kier molecular flexibility index (Phi) is 6.68. The van der Waals surface area contributed by atoms with Gasteiger partial charge in [0.2, 0.25) is 5.91 Å². The molecule has 2 heterocycles. The largest absolute Gasteiger partial charge is 0.497 e. The zero-order chi connectivity index (χ0) is 19.2. The smallest absolute Gasteiger partial charge is 0.234 e. The van der Waals surface area contributed by atoms with Crippen LogP contribution in [-0.4, -0.2) is 55.6 Å². The van der Waals surface area contributed by atoms with Crippen LogP contribution in [0.2, 0.25) is 0 Å². The van der Waals surface area contributed by atoms with Crippen molar-refractivity contribution >= 4 is 22.4 Å². The van der Waals surface area contributed by atoms with Crippen LogP contribution in [0.25, 0.3) is 0 Å². The van der Waals surface area contributed by atoms with Gasteiger partial charge in [0.15, 0.2) is 5.13 Å². The summed E-state index contributed by atoms with van der Waals surface area (Å²) in [6.45, 7) is 8.26. The number of methoxy groups -OCH3 is 1. The summed E-state index contributed by atoms with van der Waals surface area (Å²) in [5.74, 6) is 1.21. The van der Waals surface area contributed by atoms with E-state index in [1.807, 2.05) is 35.8 Å². The van der Waals surface area contributed by atoms with Crippen molar-refractivity contribution in [3.63, 3.8) is 0 Å². The molecule has 3 rings (SSSR count). The van der Waals surface area contributed by atoms with Crippen LogP contribution in [-0.2, 0) is 4.79 Å². The van der Waals surface area contributed by atoms with Crippen LogP contribution >= 0.6 is 11.3 Å². The number of benzene rings is 1. The van der Waals surface area contributed by atoms with Gasteiger partial charge < -0.3 is 15.0 Å². The predicted octanol–water partition coefficient (Wildman–Crippen LogP) is 2.79. The van der Waals surface area contributed by atoms with Crippen LogP contribution in [0, 0.1) is 5.92 Å². The lowest BCUT2D eigenvalue weighted by Crippen LogP contribution is -2.50. The van der Waals surface area contributed by atoms with Crippen molar-refractivity contribution in [2.45, 2.75) is 19.9 Å². The molecule has 2 aromatic rings. The standard InChI is InChI=1S/C20H28N4O2S/c1-15(2)19(16-4-6-17(26-3)7-5-16)22-18(25)14-23-9-11-24(12-10-23)20-21-8-13-27-20/h4-8,13,15,19H,9-12,14H2,1-3H3,(H,22,25)/t19-/m0/s1. The van der Waals surface area contributed by atoms with Crippen molar-refractivity contribution in [1.29, 1.82) is 0 Å². The summed E-state index contributed by atoms with van der Waals surface area (Å²) in [5.41, 5.74) is 1.10. The third-order valence-electron chi connectivity index (χ3n) is 4.89. The van der Waals surface area contributed by atoms with Gasteiger partial charge in [0.25, 0.3) is 0 Å². The Balaban J connectivity index is 1.52. The minimum absolute atomic E-state index is 0.0000129. The summed E-state index contributed by atoms with van der Waals surface area (Å²) in [6, 6.07) is 7.93. The Hall–Kier alpha value is -2.12. The van der Waals surface area contributed by atoms with Gasteiger partial charge in [-0.3, -0.25) is 9.69 Å². The van der Waals surface area contributed by atoms with E-state index in [2.05, 4.69) is 33.9 Å². The highest BCUT2D eigenvalue weighted by Gasteiger charge is 2.23. The van der Waals surface area contributed by atoms with Crippen molar-refractivity contribution in [1.82, 2.24) is 15.2 Å². The number of aromatic nitrogens is 1. The number of hydrogen-bond acceptors (Lipinski definition) is 6. The number of rotatable bonds is 7. The molecular weight excluding hydrogens is 360 g/mol. The second-order valence-corrected chi connectivity index (χ2v) is 8.01. The van der Waals surface area contributed by atoms with Crippen LogP contribution in [0.4, 0.5) is 5.13 Å². The number of carbonyl (C=O) groups excluding carboxylic acids is 1. The van der Waals surface area contributed by atoms with Crippen LogP contribution in [0.15, 0.2) is 35.8 Å². The molecule has 7 heteroatoms. The molecule has 146 valence electrons. The molecule has 0 aliphatic carbocycles.